The molecule has 0 saturated carbocycles. The monoisotopic (exact) mass is 378 g/mol. The molecule has 0 aliphatic carbocycles. The summed E-state index contributed by atoms with van der Waals surface area (Å²) in [5.74, 6) is 1.89. The molecule has 1 saturated heterocycles. The fourth-order valence-electron chi connectivity index (χ4n) is 3.72. The number of amides is 1. The van der Waals surface area contributed by atoms with Gasteiger partial charge in [0.05, 0.1) is 17.6 Å². The average molecular weight is 378 g/mol. The van der Waals surface area contributed by atoms with Crippen molar-refractivity contribution in [2.75, 3.05) is 24.6 Å². The highest BCUT2D eigenvalue weighted by Gasteiger charge is 2.26. The van der Waals surface area contributed by atoms with Gasteiger partial charge in [-0.2, -0.15) is 0 Å². The van der Waals surface area contributed by atoms with Crippen molar-refractivity contribution in [1.29, 1.82) is 0 Å². The predicted molar refractivity (Wildman–Crippen MR) is 110 cm³/mol. The lowest BCUT2D eigenvalue weighted by molar-refractivity contribution is -0.125. The minimum absolute atomic E-state index is 0.0416. The first-order chi connectivity index (χ1) is 13.7. The lowest BCUT2D eigenvalue weighted by Gasteiger charge is -2.31. The van der Waals surface area contributed by atoms with Crippen LogP contribution in [0.3, 0.4) is 0 Å². The summed E-state index contributed by atoms with van der Waals surface area (Å²) < 4.78 is 5.63. The second-order valence-electron chi connectivity index (χ2n) is 7.10. The number of aromatic amines is 1. The maximum Gasteiger partial charge on any atom is 0.223 e. The van der Waals surface area contributed by atoms with Crippen molar-refractivity contribution in [3.63, 3.8) is 0 Å². The van der Waals surface area contributed by atoms with E-state index >= 15 is 0 Å². The number of imidazole rings is 1. The third kappa shape index (κ3) is 3.96. The Labute approximate surface area is 164 Å². The molecule has 1 amide bonds. The van der Waals surface area contributed by atoms with Gasteiger partial charge in [-0.25, -0.2) is 4.98 Å². The van der Waals surface area contributed by atoms with Crippen LogP contribution in [0, 0.1) is 5.92 Å². The molecule has 0 spiro atoms. The van der Waals surface area contributed by atoms with Gasteiger partial charge in [0, 0.05) is 31.1 Å². The van der Waals surface area contributed by atoms with Crippen LogP contribution in [0.4, 0.5) is 5.95 Å². The SMILES string of the molecule is CCOc1ccccc1CNC(=O)C1CCN(c2nc3ccccc3[nH]2)CC1. The summed E-state index contributed by atoms with van der Waals surface area (Å²) in [5, 5.41) is 3.08. The van der Waals surface area contributed by atoms with Crippen molar-refractivity contribution < 1.29 is 9.53 Å². The molecule has 6 heteroatoms. The molecule has 3 aromatic rings. The molecule has 1 aliphatic heterocycles. The van der Waals surface area contributed by atoms with Gasteiger partial charge in [0.2, 0.25) is 11.9 Å². The van der Waals surface area contributed by atoms with Crippen LogP contribution >= 0.6 is 0 Å². The van der Waals surface area contributed by atoms with Gasteiger partial charge in [0.25, 0.3) is 0 Å². The molecule has 0 unspecified atom stereocenters. The third-order valence-electron chi connectivity index (χ3n) is 5.27. The van der Waals surface area contributed by atoms with Crippen molar-refractivity contribution in [2.24, 2.45) is 5.92 Å². The first-order valence-electron chi connectivity index (χ1n) is 9.92. The smallest absolute Gasteiger partial charge is 0.223 e. The van der Waals surface area contributed by atoms with E-state index in [-0.39, 0.29) is 11.8 Å². The minimum atomic E-state index is 0.0416. The average Bonchev–Trinajstić information content (AvgIpc) is 3.17. The molecule has 1 fully saturated rings. The molecule has 2 N–H and O–H groups in total. The minimum Gasteiger partial charge on any atom is -0.494 e. The van der Waals surface area contributed by atoms with E-state index < -0.39 is 0 Å². The summed E-state index contributed by atoms with van der Waals surface area (Å²) in [6.45, 7) is 4.73. The fraction of sp³-hybridized carbons (Fsp3) is 0.364. The molecule has 2 aromatic carbocycles. The molecule has 146 valence electrons. The van der Waals surface area contributed by atoms with Gasteiger partial charge in [0.1, 0.15) is 5.75 Å². The topological polar surface area (TPSA) is 70.2 Å². The first-order valence-corrected chi connectivity index (χ1v) is 9.92. The number of carbonyl (C=O) groups excluding carboxylic acids is 1. The number of rotatable bonds is 6. The maximum atomic E-state index is 12.6. The number of nitrogens with one attached hydrogen (secondary N) is 2. The highest BCUT2D eigenvalue weighted by Crippen LogP contribution is 2.24. The molecule has 1 aromatic heterocycles. The molecular weight excluding hydrogens is 352 g/mol. The Morgan fingerprint density at radius 3 is 2.71 bits per heavy atom. The lowest BCUT2D eigenvalue weighted by atomic mass is 9.96. The fourth-order valence-corrected chi connectivity index (χ4v) is 3.72. The highest BCUT2D eigenvalue weighted by atomic mass is 16.5. The van der Waals surface area contributed by atoms with Crippen LogP contribution in [-0.4, -0.2) is 35.6 Å². The largest absolute Gasteiger partial charge is 0.494 e. The zero-order valence-corrected chi connectivity index (χ0v) is 16.1. The number of anilines is 1. The van der Waals surface area contributed by atoms with Crippen LogP contribution < -0.4 is 15.0 Å². The summed E-state index contributed by atoms with van der Waals surface area (Å²) in [4.78, 5) is 22.9. The van der Waals surface area contributed by atoms with Crippen molar-refractivity contribution in [3.8, 4) is 5.75 Å². The van der Waals surface area contributed by atoms with Crippen LogP contribution in [0.1, 0.15) is 25.3 Å². The summed E-state index contributed by atoms with van der Waals surface area (Å²) in [6, 6.07) is 15.9. The van der Waals surface area contributed by atoms with Crippen molar-refractivity contribution in [2.45, 2.75) is 26.3 Å². The lowest BCUT2D eigenvalue weighted by Crippen LogP contribution is -2.40. The van der Waals surface area contributed by atoms with Gasteiger partial charge < -0.3 is 19.9 Å². The van der Waals surface area contributed by atoms with Crippen molar-refractivity contribution in [3.05, 3.63) is 54.1 Å². The van der Waals surface area contributed by atoms with E-state index in [1.807, 2.05) is 55.5 Å². The number of aromatic nitrogens is 2. The summed E-state index contributed by atoms with van der Waals surface area (Å²) in [7, 11) is 0. The van der Waals surface area contributed by atoms with Gasteiger partial charge in [-0.3, -0.25) is 4.79 Å². The first kappa shape index (κ1) is 18.3. The van der Waals surface area contributed by atoms with E-state index in [2.05, 4.69) is 20.2 Å². The standard InChI is InChI=1S/C22H26N4O2/c1-2-28-20-10-6-3-7-17(20)15-23-21(27)16-11-13-26(14-12-16)22-24-18-8-4-5-9-19(18)25-22/h3-10,16H,2,11-15H2,1H3,(H,23,27)(H,24,25). The van der Waals surface area contributed by atoms with Crippen LogP contribution in [0.5, 0.6) is 5.75 Å². The zero-order chi connectivity index (χ0) is 19.3. The number of piperidine rings is 1. The second kappa shape index (κ2) is 8.33. The molecule has 4 rings (SSSR count). The van der Waals surface area contributed by atoms with Crippen molar-refractivity contribution in [1.82, 2.24) is 15.3 Å². The maximum absolute atomic E-state index is 12.6. The quantitative estimate of drug-likeness (QED) is 0.689. The molecule has 0 bridgehead atoms. The van der Waals surface area contributed by atoms with Gasteiger partial charge in [-0.1, -0.05) is 30.3 Å². The number of hydrogen-bond acceptors (Lipinski definition) is 4. The van der Waals surface area contributed by atoms with Gasteiger partial charge >= 0.3 is 0 Å². The van der Waals surface area contributed by atoms with Gasteiger partial charge in [-0.05, 0) is 38.0 Å². The van der Waals surface area contributed by atoms with E-state index in [4.69, 9.17) is 4.74 Å². The van der Waals surface area contributed by atoms with E-state index in [0.717, 1.165) is 54.2 Å². The molecule has 6 nitrogen and oxygen atoms in total. The van der Waals surface area contributed by atoms with Crippen LogP contribution in [0.25, 0.3) is 11.0 Å². The van der Waals surface area contributed by atoms with E-state index in [1.165, 1.54) is 0 Å². The number of para-hydroxylation sites is 3. The third-order valence-corrected chi connectivity index (χ3v) is 5.27. The Hall–Kier alpha value is -3.02. The number of fused-ring (bicyclic) bond motifs is 1. The number of ether oxygens (including phenoxy) is 1. The second-order valence-corrected chi connectivity index (χ2v) is 7.10. The van der Waals surface area contributed by atoms with Gasteiger partial charge in [-0.15, -0.1) is 0 Å². The normalized spacial score (nSPS) is 15.0. The van der Waals surface area contributed by atoms with Crippen LogP contribution in [0.2, 0.25) is 0 Å². The Balaban J connectivity index is 1.31. The molecule has 1 aliphatic rings. The van der Waals surface area contributed by atoms with E-state index in [1.54, 1.807) is 0 Å². The molecule has 2 heterocycles. The Morgan fingerprint density at radius 2 is 1.93 bits per heavy atom. The number of nitrogens with zero attached hydrogens (tertiary/aromatic N) is 2. The summed E-state index contributed by atoms with van der Waals surface area (Å²) in [5.41, 5.74) is 3.04. The number of H-pyrrole nitrogens is 1. The Bertz CT molecular complexity index is 911. The van der Waals surface area contributed by atoms with Crippen molar-refractivity contribution >= 4 is 22.9 Å². The molecule has 0 radical (unpaired) electrons. The Morgan fingerprint density at radius 1 is 1.18 bits per heavy atom. The van der Waals surface area contributed by atoms with E-state index in [9.17, 15) is 4.79 Å². The van der Waals surface area contributed by atoms with Gasteiger partial charge in [0.15, 0.2) is 0 Å². The predicted octanol–water partition coefficient (Wildman–Crippen LogP) is 3.49. The molecule has 0 atom stereocenters. The zero-order valence-electron chi connectivity index (χ0n) is 16.1. The number of carbonyl (C=O) groups is 1. The van der Waals surface area contributed by atoms with Crippen LogP contribution in [0.15, 0.2) is 48.5 Å². The van der Waals surface area contributed by atoms with E-state index in [0.29, 0.717) is 13.2 Å². The Kier molecular flexibility index (Phi) is 5.46. The molecular formula is C22H26N4O2. The molecule has 28 heavy (non-hydrogen) atoms. The van der Waals surface area contributed by atoms with Crippen LogP contribution in [-0.2, 0) is 11.3 Å². The highest BCUT2D eigenvalue weighted by molar-refractivity contribution is 5.79. The summed E-state index contributed by atoms with van der Waals surface area (Å²) in [6.07, 6.45) is 1.66. The summed E-state index contributed by atoms with van der Waals surface area (Å²) >= 11 is 0. The number of hydrogen-bond donors (Lipinski definition) is 2. The number of benzene rings is 2.